The molecule has 0 aliphatic carbocycles. The standard InChI is InChI=1S/C19H20N6O7S6/c20-11-35-18-16(22-1-3-24-18)14(33-5-7-37(27,28)29)9-13(26)10-15(34-6-8-38(30,31)32)17-19(36-12-21)25-4-2-23-17/h1-4,14-15H,5-10H2,(H,27,28,29)(H,30,31,32). The van der Waals surface area contributed by atoms with Crippen molar-refractivity contribution in [2.75, 3.05) is 23.0 Å². The molecule has 2 aromatic rings. The third-order valence-electron chi connectivity index (χ3n) is 4.42. The number of aromatic nitrogens is 4. The number of thiocyanates is 2. The lowest BCUT2D eigenvalue weighted by Gasteiger charge is -2.20. The highest BCUT2D eigenvalue weighted by atomic mass is 32.2. The summed E-state index contributed by atoms with van der Waals surface area (Å²) in [6.45, 7) is 0. The molecule has 2 unspecified atom stereocenters. The van der Waals surface area contributed by atoms with Crippen molar-refractivity contribution in [1.29, 1.82) is 10.5 Å². The normalized spacial score (nSPS) is 13.3. The number of hydrogen-bond donors (Lipinski definition) is 2. The predicted octanol–water partition coefficient (Wildman–Crippen LogP) is 2.79. The fourth-order valence-corrected chi connectivity index (χ4v) is 8.36. The first-order chi connectivity index (χ1) is 17.9. The van der Waals surface area contributed by atoms with Crippen LogP contribution in [0.3, 0.4) is 0 Å². The Labute approximate surface area is 236 Å². The lowest BCUT2D eigenvalue weighted by molar-refractivity contribution is -0.119. The van der Waals surface area contributed by atoms with Crippen LogP contribution >= 0.6 is 47.0 Å². The van der Waals surface area contributed by atoms with Crippen molar-refractivity contribution in [2.24, 2.45) is 0 Å². The second-order valence-corrected chi connectivity index (χ2v) is 14.4. The van der Waals surface area contributed by atoms with E-state index in [0.717, 1.165) is 47.0 Å². The van der Waals surface area contributed by atoms with Gasteiger partial charge >= 0.3 is 0 Å². The van der Waals surface area contributed by atoms with Crippen molar-refractivity contribution in [3.05, 3.63) is 36.2 Å². The third-order valence-corrected chi connectivity index (χ3v) is 10.0. The second-order valence-electron chi connectivity index (χ2n) is 7.12. The molecule has 0 fully saturated rings. The van der Waals surface area contributed by atoms with Gasteiger partial charge in [0.25, 0.3) is 20.2 Å². The van der Waals surface area contributed by atoms with E-state index in [2.05, 4.69) is 19.9 Å². The van der Waals surface area contributed by atoms with Crippen molar-refractivity contribution in [2.45, 2.75) is 33.4 Å². The highest BCUT2D eigenvalue weighted by molar-refractivity contribution is 8.04. The Bertz CT molecular complexity index is 1310. The van der Waals surface area contributed by atoms with E-state index in [1.807, 2.05) is 10.8 Å². The van der Waals surface area contributed by atoms with E-state index in [4.69, 9.17) is 19.6 Å². The molecule has 0 aromatic carbocycles. The van der Waals surface area contributed by atoms with Gasteiger partial charge in [-0.25, -0.2) is 9.97 Å². The molecule has 0 aliphatic heterocycles. The minimum Gasteiger partial charge on any atom is -0.300 e. The van der Waals surface area contributed by atoms with Crippen LogP contribution in [0.25, 0.3) is 0 Å². The zero-order valence-electron chi connectivity index (χ0n) is 19.3. The summed E-state index contributed by atoms with van der Waals surface area (Å²) in [4.78, 5) is 30.0. The number of carbonyl (C=O) groups excluding carboxylic acids is 1. The van der Waals surface area contributed by atoms with Gasteiger partial charge in [0.15, 0.2) is 0 Å². The molecule has 0 spiro atoms. The fourth-order valence-electron chi connectivity index (χ4n) is 2.91. The van der Waals surface area contributed by atoms with Crippen LogP contribution in [-0.4, -0.2) is 74.7 Å². The van der Waals surface area contributed by atoms with Crippen molar-refractivity contribution >= 4 is 73.1 Å². The van der Waals surface area contributed by atoms with Crippen LogP contribution in [0.1, 0.15) is 34.7 Å². The average molecular weight is 637 g/mol. The summed E-state index contributed by atoms with van der Waals surface area (Å²) in [6.07, 6.45) is 5.16. The first-order valence-corrected chi connectivity index (χ1v) is 17.3. The van der Waals surface area contributed by atoms with Gasteiger partial charge in [-0.3, -0.25) is 23.9 Å². The molecule has 2 heterocycles. The summed E-state index contributed by atoms with van der Waals surface area (Å²) >= 11 is 3.55. The molecule has 2 N–H and O–H groups in total. The lowest BCUT2D eigenvalue weighted by Crippen LogP contribution is -2.15. The van der Waals surface area contributed by atoms with Gasteiger partial charge in [0.05, 0.1) is 33.4 Å². The maximum Gasteiger partial charge on any atom is 0.265 e. The number of nitrogens with zero attached hydrogens (tertiary/aromatic N) is 6. The Balaban J connectivity index is 2.32. The molecule has 0 saturated heterocycles. The molecular formula is C19H20N6O7S6. The first kappa shape index (κ1) is 32.2. The Kier molecular flexibility index (Phi) is 13.2. The number of ketones is 1. The summed E-state index contributed by atoms with van der Waals surface area (Å²) in [5.41, 5.74) is 0.590. The smallest absolute Gasteiger partial charge is 0.265 e. The topological polar surface area (TPSA) is 225 Å². The van der Waals surface area contributed by atoms with E-state index in [0.29, 0.717) is 11.4 Å². The summed E-state index contributed by atoms with van der Waals surface area (Å²) < 4.78 is 63.0. The summed E-state index contributed by atoms with van der Waals surface area (Å²) in [7, 11) is -8.51. The number of Topliss-reactive ketones (excluding diaryl/α,β-unsaturated/α-hetero) is 1. The Morgan fingerprint density at radius 2 is 1.13 bits per heavy atom. The summed E-state index contributed by atoms with van der Waals surface area (Å²) in [6, 6.07) is 0. The van der Waals surface area contributed by atoms with E-state index in [1.54, 1.807) is 0 Å². The molecule has 0 radical (unpaired) electrons. The maximum absolute atomic E-state index is 13.3. The number of nitriles is 2. The minimum absolute atomic E-state index is 0.0658. The van der Waals surface area contributed by atoms with Gasteiger partial charge in [-0.05, 0) is 0 Å². The van der Waals surface area contributed by atoms with Gasteiger partial charge in [-0.2, -0.15) is 50.9 Å². The maximum atomic E-state index is 13.3. The fraction of sp³-hybridized carbons (Fsp3) is 0.421. The van der Waals surface area contributed by atoms with Crippen LogP contribution in [0.4, 0.5) is 0 Å². The number of carbonyl (C=O) groups is 1. The lowest BCUT2D eigenvalue weighted by atomic mass is 10.1. The number of hydrogen-bond acceptors (Lipinski definition) is 15. The largest absolute Gasteiger partial charge is 0.300 e. The van der Waals surface area contributed by atoms with Crippen molar-refractivity contribution in [3.8, 4) is 10.8 Å². The van der Waals surface area contributed by atoms with Gasteiger partial charge in [0, 0.05) is 72.7 Å². The predicted molar refractivity (Wildman–Crippen MR) is 144 cm³/mol. The molecular weight excluding hydrogens is 617 g/mol. The molecule has 0 aliphatic rings. The van der Waals surface area contributed by atoms with E-state index < -0.39 is 42.2 Å². The SMILES string of the molecule is N#CSc1nccnc1C(CC(=O)CC(SCCS(=O)(=O)O)c1nccnc1SC#N)SCCS(=O)(=O)O. The molecule has 2 rings (SSSR count). The van der Waals surface area contributed by atoms with E-state index in [9.17, 15) is 21.6 Å². The molecule has 204 valence electrons. The van der Waals surface area contributed by atoms with E-state index in [1.165, 1.54) is 24.8 Å². The van der Waals surface area contributed by atoms with Crippen molar-refractivity contribution in [3.63, 3.8) is 0 Å². The monoisotopic (exact) mass is 636 g/mol. The number of rotatable bonds is 16. The quantitative estimate of drug-likeness (QED) is 0.153. The first-order valence-electron chi connectivity index (χ1n) is 10.3. The van der Waals surface area contributed by atoms with Crippen LogP contribution in [0.5, 0.6) is 0 Å². The Morgan fingerprint density at radius 1 is 0.763 bits per heavy atom. The summed E-state index contributed by atoms with van der Waals surface area (Å²) in [5.74, 6) is -1.60. The van der Waals surface area contributed by atoms with E-state index in [-0.39, 0.29) is 40.2 Å². The zero-order valence-corrected chi connectivity index (χ0v) is 24.2. The van der Waals surface area contributed by atoms with Crippen LogP contribution < -0.4 is 0 Å². The highest BCUT2D eigenvalue weighted by Gasteiger charge is 2.27. The van der Waals surface area contributed by atoms with Gasteiger partial charge in [0.2, 0.25) is 0 Å². The van der Waals surface area contributed by atoms with Crippen LogP contribution in [0.2, 0.25) is 0 Å². The number of thioether (sulfide) groups is 4. The van der Waals surface area contributed by atoms with Crippen LogP contribution in [-0.2, 0) is 25.0 Å². The Morgan fingerprint density at radius 3 is 1.47 bits per heavy atom. The molecule has 0 bridgehead atoms. The molecule has 38 heavy (non-hydrogen) atoms. The third kappa shape index (κ3) is 11.8. The molecule has 2 atom stereocenters. The molecule has 13 nitrogen and oxygen atoms in total. The van der Waals surface area contributed by atoms with Gasteiger partial charge in [-0.1, -0.05) is 0 Å². The molecule has 0 amide bonds. The van der Waals surface area contributed by atoms with Gasteiger partial charge in [-0.15, -0.1) is 0 Å². The molecule has 19 heteroatoms. The Hall–Kier alpha value is -1.97. The molecule has 0 saturated carbocycles. The van der Waals surface area contributed by atoms with Crippen molar-refractivity contribution in [1.82, 2.24) is 19.9 Å². The van der Waals surface area contributed by atoms with Gasteiger partial charge in [0.1, 0.15) is 26.6 Å². The van der Waals surface area contributed by atoms with Gasteiger partial charge < -0.3 is 0 Å². The zero-order chi connectivity index (χ0) is 28.2. The average Bonchev–Trinajstić information content (AvgIpc) is 2.82. The highest BCUT2D eigenvalue weighted by Crippen LogP contribution is 2.39. The molecule has 2 aromatic heterocycles. The van der Waals surface area contributed by atoms with Crippen LogP contribution in [0, 0.1) is 21.3 Å². The van der Waals surface area contributed by atoms with E-state index >= 15 is 0 Å². The minimum atomic E-state index is -4.25. The van der Waals surface area contributed by atoms with Crippen molar-refractivity contribution < 1.29 is 30.7 Å². The second kappa shape index (κ2) is 15.6. The summed E-state index contributed by atoms with van der Waals surface area (Å²) in [5, 5.41) is 21.0. The van der Waals surface area contributed by atoms with Crippen LogP contribution in [0.15, 0.2) is 34.8 Å².